The highest BCUT2D eigenvalue weighted by Gasteiger charge is 2.05. The summed E-state index contributed by atoms with van der Waals surface area (Å²) in [6.07, 6.45) is 0. The zero-order valence-corrected chi connectivity index (χ0v) is 6.07. The fourth-order valence-corrected chi connectivity index (χ4v) is 0. The first-order chi connectivity index (χ1) is 2.56. The van der Waals surface area contributed by atoms with Gasteiger partial charge in [-0.1, -0.05) is 31.6 Å². The zero-order chi connectivity index (χ0) is 5.21. The van der Waals surface area contributed by atoms with Gasteiger partial charge in [0.2, 0.25) is 0 Å². The highest BCUT2D eigenvalue weighted by atomic mass is 33.1. The maximum atomic E-state index is 4.02. The Morgan fingerprint density at radius 3 is 1.50 bits per heavy atom. The van der Waals surface area contributed by atoms with Crippen molar-refractivity contribution in [1.29, 1.82) is 0 Å². The lowest BCUT2D eigenvalue weighted by Crippen LogP contribution is -2.02. The molecule has 0 spiro atoms. The van der Waals surface area contributed by atoms with Crippen molar-refractivity contribution >= 4 is 22.5 Å². The van der Waals surface area contributed by atoms with Gasteiger partial charge in [-0.25, -0.2) is 0 Å². The second-order valence-electron chi connectivity index (χ2n) is 2.20. The maximum absolute atomic E-state index is 4.02. The minimum Gasteiger partial charge on any atom is -0.111 e. The molecule has 0 heterocycles. The molecular formula is C4H10S2. The zero-order valence-electron chi connectivity index (χ0n) is 4.36. The van der Waals surface area contributed by atoms with Crippen LogP contribution in [0.3, 0.4) is 0 Å². The molecule has 0 aliphatic rings. The number of thiol groups is 1. The third kappa shape index (κ3) is 4.70. The Kier molecular flexibility index (Phi) is 2.37. The molecule has 0 bridgehead atoms. The maximum Gasteiger partial charge on any atom is 0.0176 e. The number of rotatable bonds is 0. The molecule has 0 aliphatic carbocycles. The molecule has 0 aliphatic heterocycles. The Bertz CT molecular complexity index is 35.3. The average molecular weight is 122 g/mol. The lowest BCUT2D eigenvalue weighted by molar-refractivity contribution is 0.810. The van der Waals surface area contributed by atoms with Crippen molar-refractivity contribution in [3.05, 3.63) is 0 Å². The molecule has 0 aromatic rings. The van der Waals surface area contributed by atoms with Gasteiger partial charge in [0.05, 0.1) is 0 Å². The Balaban J connectivity index is 3.17. The van der Waals surface area contributed by atoms with Crippen LogP contribution < -0.4 is 0 Å². The molecule has 0 rings (SSSR count). The van der Waals surface area contributed by atoms with E-state index in [4.69, 9.17) is 0 Å². The minimum atomic E-state index is 0.323. The summed E-state index contributed by atoms with van der Waals surface area (Å²) in [6.45, 7) is 6.39. The molecule has 6 heavy (non-hydrogen) atoms. The van der Waals surface area contributed by atoms with Crippen molar-refractivity contribution in [3.8, 4) is 0 Å². The van der Waals surface area contributed by atoms with Crippen LogP contribution in [0.5, 0.6) is 0 Å². The van der Waals surface area contributed by atoms with Crippen molar-refractivity contribution in [2.45, 2.75) is 25.5 Å². The van der Waals surface area contributed by atoms with Gasteiger partial charge in [-0.3, -0.25) is 0 Å². The normalized spacial score (nSPS) is 12.0. The predicted octanol–water partition coefficient (Wildman–Crippen LogP) is 2.36. The van der Waals surface area contributed by atoms with E-state index >= 15 is 0 Å². The van der Waals surface area contributed by atoms with Crippen molar-refractivity contribution in [2.75, 3.05) is 0 Å². The second kappa shape index (κ2) is 2.12. The molecule has 0 aromatic heterocycles. The monoisotopic (exact) mass is 122 g/mol. The summed E-state index contributed by atoms with van der Waals surface area (Å²) in [6, 6.07) is 0. The van der Waals surface area contributed by atoms with Crippen molar-refractivity contribution in [1.82, 2.24) is 0 Å². The highest BCUT2D eigenvalue weighted by molar-refractivity contribution is 8.69. The van der Waals surface area contributed by atoms with Crippen LogP contribution in [0.1, 0.15) is 20.8 Å². The molecule has 0 unspecified atom stereocenters. The molecule has 0 saturated heterocycles. The first-order valence-electron chi connectivity index (χ1n) is 1.89. The predicted molar refractivity (Wildman–Crippen MR) is 36.3 cm³/mol. The summed E-state index contributed by atoms with van der Waals surface area (Å²) in [5.41, 5.74) is 0. The third-order valence-corrected chi connectivity index (χ3v) is 2.46. The topological polar surface area (TPSA) is 0 Å². The number of hydrogen-bond acceptors (Lipinski definition) is 2. The van der Waals surface area contributed by atoms with Gasteiger partial charge in [-0.15, -0.1) is 11.7 Å². The number of hydrogen-bond donors (Lipinski definition) is 1. The van der Waals surface area contributed by atoms with E-state index in [9.17, 15) is 0 Å². The van der Waals surface area contributed by atoms with Crippen molar-refractivity contribution < 1.29 is 0 Å². The van der Waals surface area contributed by atoms with Crippen molar-refractivity contribution in [2.24, 2.45) is 0 Å². The fraction of sp³-hybridized carbons (Fsp3) is 1.00. The highest BCUT2D eigenvalue weighted by Crippen LogP contribution is 2.25. The second-order valence-corrected chi connectivity index (χ2v) is 4.16. The summed E-state index contributed by atoms with van der Waals surface area (Å²) < 4.78 is 0.323. The van der Waals surface area contributed by atoms with E-state index in [0.717, 1.165) is 0 Å². The molecule has 0 aromatic carbocycles. The van der Waals surface area contributed by atoms with Gasteiger partial charge in [0.25, 0.3) is 0 Å². The quantitative estimate of drug-likeness (QED) is 0.380. The lowest BCUT2D eigenvalue weighted by Gasteiger charge is -2.10. The van der Waals surface area contributed by atoms with Gasteiger partial charge in [0.15, 0.2) is 0 Å². The van der Waals surface area contributed by atoms with Crippen LogP contribution >= 0.6 is 22.5 Å². The van der Waals surface area contributed by atoms with Gasteiger partial charge in [0, 0.05) is 4.75 Å². The Hall–Kier alpha value is 0.700. The van der Waals surface area contributed by atoms with Crippen LogP contribution in [0, 0.1) is 0 Å². The molecule has 0 amide bonds. The Morgan fingerprint density at radius 1 is 1.33 bits per heavy atom. The molecular weight excluding hydrogens is 112 g/mol. The van der Waals surface area contributed by atoms with Gasteiger partial charge in [-0.2, -0.15) is 0 Å². The van der Waals surface area contributed by atoms with Crippen LogP contribution in [-0.2, 0) is 0 Å². The summed E-state index contributed by atoms with van der Waals surface area (Å²) in [4.78, 5) is 0. The summed E-state index contributed by atoms with van der Waals surface area (Å²) in [5, 5.41) is 0. The van der Waals surface area contributed by atoms with Gasteiger partial charge in [0.1, 0.15) is 0 Å². The molecule has 0 atom stereocenters. The largest absolute Gasteiger partial charge is 0.111 e. The summed E-state index contributed by atoms with van der Waals surface area (Å²) in [7, 11) is 1.58. The molecule has 0 fully saturated rings. The van der Waals surface area contributed by atoms with Gasteiger partial charge in [-0.05, 0) is 0 Å². The standard InChI is InChI=1S/C4H10S2/c1-4(2,3)6-5/h5H,1-3H3. The molecule has 0 N–H and O–H groups in total. The van der Waals surface area contributed by atoms with E-state index in [2.05, 4.69) is 32.4 Å². The van der Waals surface area contributed by atoms with Crippen LogP contribution in [0.2, 0.25) is 0 Å². The van der Waals surface area contributed by atoms with E-state index in [1.807, 2.05) is 0 Å². The van der Waals surface area contributed by atoms with Crippen LogP contribution in [0.4, 0.5) is 0 Å². The van der Waals surface area contributed by atoms with Gasteiger partial charge >= 0.3 is 0 Å². The smallest absolute Gasteiger partial charge is 0.0176 e. The fourth-order valence-electron chi connectivity index (χ4n) is 0. The van der Waals surface area contributed by atoms with Gasteiger partial charge < -0.3 is 0 Å². The first-order valence-corrected chi connectivity index (χ1v) is 3.76. The molecule has 0 saturated carbocycles. The first kappa shape index (κ1) is 6.70. The third-order valence-electron chi connectivity index (χ3n) is 0.274. The SMILES string of the molecule is CC(C)(C)SS. The van der Waals surface area contributed by atoms with E-state index in [0.29, 0.717) is 4.75 Å². The van der Waals surface area contributed by atoms with E-state index in [1.165, 1.54) is 0 Å². The Labute approximate surface area is 48.5 Å². The summed E-state index contributed by atoms with van der Waals surface area (Å²) in [5.74, 6) is 0. The van der Waals surface area contributed by atoms with E-state index in [1.54, 1.807) is 10.8 Å². The molecule has 38 valence electrons. The van der Waals surface area contributed by atoms with E-state index < -0.39 is 0 Å². The minimum absolute atomic E-state index is 0.323. The van der Waals surface area contributed by atoms with Crippen LogP contribution in [0.25, 0.3) is 0 Å². The van der Waals surface area contributed by atoms with Crippen molar-refractivity contribution in [3.63, 3.8) is 0 Å². The van der Waals surface area contributed by atoms with E-state index in [-0.39, 0.29) is 0 Å². The molecule has 0 radical (unpaired) electrons. The lowest BCUT2D eigenvalue weighted by atomic mass is 10.3. The average Bonchev–Trinajstić information content (AvgIpc) is 1.35. The van der Waals surface area contributed by atoms with Crippen LogP contribution in [0.15, 0.2) is 0 Å². The molecule has 2 heteroatoms. The Morgan fingerprint density at radius 2 is 1.50 bits per heavy atom. The van der Waals surface area contributed by atoms with Crippen LogP contribution in [-0.4, -0.2) is 4.75 Å². The summed E-state index contributed by atoms with van der Waals surface area (Å²) >= 11 is 4.02. The molecule has 0 nitrogen and oxygen atoms in total.